The lowest BCUT2D eigenvalue weighted by Gasteiger charge is -2.66. The average molecular weight is 470 g/mol. The molecule has 3 fully saturated rings. The molecule has 1 amide bonds. The first kappa shape index (κ1) is 23.3. The number of hydrogen-bond acceptors (Lipinski definition) is 1. The molecule has 0 saturated heterocycles. The predicted octanol–water partition coefficient (Wildman–Crippen LogP) is 8.11. The van der Waals surface area contributed by atoms with Gasteiger partial charge in [-0.25, -0.2) is 0 Å². The average Bonchev–Trinajstić information content (AvgIpc) is 3.21. The molecule has 4 aliphatic carbocycles. The summed E-state index contributed by atoms with van der Waals surface area (Å²) in [5.41, 5.74) is 4.18. The van der Waals surface area contributed by atoms with E-state index in [4.69, 9.17) is 0 Å². The number of benzene rings is 2. The maximum atomic E-state index is 12.1. The van der Waals surface area contributed by atoms with E-state index < -0.39 is 0 Å². The van der Waals surface area contributed by atoms with Crippen molar-refractivity contribution in [2.24, 2.45) is 34.0 Å². The summed E-state index contributed by atoms with van der Waals surface area (Å²) in [5, 5.41) is 2.70. The number of fused-ring (bicyclic) bond motifs is 6. The van der Waals surface area contributed by atoms with Crippen LogP contribution in [-0.2, 0) is 4.79 Å². The van der Waals surface area contributed by atoms with Crippen LogP contribution in [0.25, 0.3) is 16.3 Å². The molecule has 2 nitrogen and oxygen atoms in total. The molecule has 0 aliphatic heterocycles. The van der Waals surface area contributed by atoms with Crippen LogP contribution in [0.1, 0.15) is 84.6 Å². The van der Waals surface area contributed by atoms with Gasteiger partial charge in [0.25, 0.3) is 0 Å². The maximum Gasteiger partial charge on any atom is 0.219 e. The molecule has 186 valence electrons. The van der Waals surface area contributed by atoms with Gasteiger partial charge >= 0.3 is 0 Å². The second-order valence-electron chi connectivity index (χ2n) is 13.3. The zero-order valence-electron chi connectivity index (χ0n) is 22.4. The van der Waals surface area contributed by atoms with Crippen molar-refractivity contribution in [1.82, 2.24) is 4.90 Å². The summed E-state index contributed by atoms with van der Waals surface area (Å²) in [6, 6.07) is 16.4. The first-order valence-corrected chi connectivity index (χ1v) is 14.1. The fraction of sp³-hybridized carbons (Fsp3) is 0.606. The Bertz CT molecular complexity index is 1200. The van der Waals surface area contributed by atoms with E-state index in [1.807, 2.05) is 11.9 Å². The molecule has 0 aromatic heterocycles. The molecule has 2 heteroatoms. The number of carbonyl (C=O) groups is 1. The Morgan fingerprint density at radius 1 is 0.886 bits per heavy atom. The van der Waals surface area contributed by atoms with Crippen LogP contribution in [0.3, 0.4) is 0 Å². The van der Waals surface area contributed by atoms with Gasteiger partial charge in [0.15, 0.2) is 0 Å². The quantitative estimate of drug-likeness (QED) is 0.435. The van der Waals surface area contributed by atoms with Crippen LogP contribution in [0.2, 0.25) is 0 Å². The molecule has 35 heavy (non-hydrogen) atoms. The zero-order valence-corrected chi connectivity index (χ0v) is 22.4. The Morgan fingerprint density at radius 3 is 2.40 bits per heavy atom. The second-order valence-corrected chi connectivity index (χ2v) is 13.3. The fourth-order valence-electron chi connectivity index (χ4n) is 9.87. The Balaban J connectivity index is 1.29. The van der Waals surface area contributed by atoms with Gasteiger partial charge in [-0.3, -0.25) is 4.79 Å². The maximum absolute atomic E-state index is 12.1. The van der Waals surface area contributed by atoms with Crippen molar-refractivity contribution in [3.05, 3.63) is 54.1 Å². The molecule has 0 radical (unpaired) electrons. The number of nitrogens with zero attached hydrogens (tertiary/aromatic N) is 1. The van der Waals surface area contributed by atoms with E-state index in [1.165, 1.54) is 67.7 Å². The molecule has 7 atom stereocenters. The van der Waals surface area contributed by atoms with Gasteiger partial charge in [0, 0.05) is 20.0 Å². The SMILES string of the molecule is CC(=O)N(C)[C@H]1CC[C@@]2(C)[C@@H](CC[C@]3(C)[C@@H]2CC[C@]2(C)C(c4ccc5ccccc5c4)=CC[C@@H]32)C1. The number of hydrogen-bond donors (Lipinski definition) is 0. The third-order valence-electron chi connectivity index (χ3n) is 11.9. The zero-order chi connectivity index (χ0) is 24.6. The highest BCUT2D eigenvalue weighted by atomic mass is 16.2. The molecule has 0 N–H and O–H groups in total. The summed E-state index contributed by atoms with van der Waals surface area (Å²) >= 11 is 0. The lowest BCUT2D eigenvalue weighted by atomic mass is 9.39. The third kappa shape index (κ3) is 3.31. The molecule has 0 heterocycles. The highest BCUT2D eigenvalue weighted by Crippen LogP contribution is 2.72. The molecule has 6 rings (SSSR count). The lowest BCUT2D eigenvalue weighted by Crippen LogP contribution is -2.59. The lowest BCUT2D eigenvalue weighted by molar-refractivity contribution is -0.161. The summed E-state index contributed by atoms with van der Waals surface area (Å²) in [7, 11) is 2.02. The van der Waals surface area contributed by atoms with Gasteiger partial charge in [0.05, 0.1) is 0 Å². The number of allylic oxidation sites excluding steroid dienone is 2. The van der Waals surface area contributed by atoms with Gasteiger partial charge in [-0.2, -0.15) is 0 Å². The molecule has 0 unspecified atom stereocenters. The minimum atomic E-state index is 0.228. The summed E-state index contributed by atoms with van der Waals surface area (Å²) in [4.78, 5) is 14.1. The van der Waals surface area contributed by atoms with E-state index in [2.05, 4.69) is 69.3 Å². The van der Waals surface area contributed by atoms with Crippen LogP contribution in [0.5, 0.6) is 0 Å². The Hall–Kier alpha value is -2.09. The monoisotopic (exact) mass is 469 g/mol. The third-order valence-corrected chi connectivity index (χ3v) is 11.9. The van der Waals surface area contributed by atoms with Crippen LogP contribution in [0.4, 0.5) is 0 Å². The normalized spacial score (nSPS) is 40.4. The van der Waals surface area contributed by atoms with Crippen LogP contribution in [0.15, 0.2) is 48.5 Å². The molecule has 0 spiro atoms. The number of rotatable bonds is 2. The standard InChI is InChI=1S/C33H43NO/c1-22(35)34(5)27-15-18-31(2)26(21-27)14-17-33(4)29-13-12-28(32(29,3)19-16-30(31)33)25-11-10-23-8-6-7-9-24(23)20-25/h6-12,20,26-27,29-30H,13-19,21H2,1-5H3/t26-,27-,29+,30+,31-,32+,33-/m0/s1. The van der Waals surface area contributed by atoms with E-state index >= 15 is 0 Å². The summed E-state index contributed by atoms with van der Waals surface area (Å²) < 4.78 is 0. The largest absolute Gasteiger partial charge is 0.343 e. The van der Waals surface area contributed by atoms with Crippen LogP contribution in [0, 0.1) is 34.0 Å². The Labute approximate surface area is 212 Å². The smallest absolute Gasteiger partial charge is 0.219 e. The molecule has 4 aliphatic rings. The Morgan fingerprint density at radius 2 is 1.63 bits per heavy atom. The topological polar surface area (TPSA) is 20.3 Å². The summed E-state index contributed by atoms with van der Waals surface area (Å²) in [6.07, 6.45) is 12.9. The molecular weight excluding hydrogens is 426 g/mol. The van der Waals surface area contributed by atoms with Crippen molar-refractivity contribution < 1.29 is 4.79 Å². The van der Waals surface area contributed by atoms with Crippen LogP contribution >= 0.6 is 0 Å². The predicted molar refractivity (Wildman–Crippen MR) is 146 cm³/mol. The Kier molecular flexibility index (Phi) is 5.30. The first-order valence-electron chi connectivity index (χ1n) is 14.1. The van der Waals surface area contributed by atoms with E-state index in [1.54, 1.807) is 12.5 Å². The first-order chi connectivity index (χ1) is 16.7. The van der Waals surface area contributed by atoms with Gasteiger partial charge < -0.3 is 4.90 Å². The minimum Gasteiger partial charge on any atom is -0.343 e. The van der Waals surface area contributed by atoms with Gasteiger partial charge in [0.2, 0.25) is 5.91 Å². The molecule has 2 aromatic carbocycles. The second kappa shape index (κ2) is 7.95. The highest BCUT2D eigenvalue weighted by Gasteiger charge is 2.63. The molecule has 2 aromatic rings. The van der Waals surface area contributed by atoms with E-state index in [-0.39, 0.29) is 11.3 Å². The van der Waals surface area contributed by atoms with Gasteiger partial charge in [-0.1, -0.05) is 63.2 Å². The highest BCUT2D eigenvalue weighted by molar-refractivity contribution is 5.87. The summed E-state index contributed by atoms with van der Waals surface area (Å²) in [6.45, 7) is 9.64. The van der Waals surface area contributed by atoms with Crippen LogP contribution < -0.4 is 0 Å². The minimum absolute atomic E-state index is 0.228. The van der Waals surface area contributed by atoms with Gasteiger partial charge in [0.1, 0.15) is 0 Å². The van der Waals surface area contributed by atoms with Crippen molar-refractivity contribution in [3.8, 4) is 0 Å². The number of amides is 1. The van der Waals surface area contributed by atoms with E-state index in [9.17, 15) is 4.79 Å². The van der Waals surface area contributed by atoms with Gasteiger partial charge in [-0.15, -0.1) is 0 Å². The fourth-order valence-corrected chi connectivity index (χ4v) is 9.87. The molecule has 3 saturated carbocycles. The summed E-state index contributed by atoms with van der Waals surface area (Å²) in [5.74, 6) is 2.54. The van der Waals surface area contributed by atoms with Crippen molar-refractivity contribution in [1.29, 1.82) is 0 Å². The van der Waals surface area contributed by atoms with Gasteiger partial charge in [-0.05, 0) is 113 Å². The van der Waals surface area contributed by atoms with E-state index in [0.717, 1.165) is 17.8 Å². The van der Waals surface area contributed by atoms with Crippen molar-refractivity contribution >= 4 is 22.3 Å². The molecular formula is C33H43NO. The molecule has 0 bridgehead atoms. The number of carbonyl (C=O) groups excluding carboxylic acids is 1. The van der Waals surface area contributed by atoms with Crippen molar-refractivity contribution in [2.75, 3.05) is 7.05 Å². The van der Waals surface area contributed by atoms with Crippen molar-refractivity contribution in [3.63, 3.8) is 0 Å². The van der Waals surface area contributed by atoms with Crippen molar-refractivity contribution in [2.45, 2.75) is 85.1 Å². The van der Waals surface area contributed by atoms with Crippen LogP contribution in [-0.4, -0.2) is 23.9 Å². The van der Waals surface area contributed by atoms with E-state index in [0.29, 0.717) is 16.9 Å².